The molecule has 0 unspecified atom stereocenters. The highest BCUT2D eigenvalue weighted by molar-refractivity contribution is 5.82. The maximum atomic E-state index is 13.8. The molecule has 0 spiro atoms. The standard InChI is InChI=1S/C16H12FNO/c17-15-10-13(19)6-5-12(15)9-11-7-8-18-16-4-2-1-3-14(11)16/h1-8,10,19H,9H2. The highest BCUT2D eigenvalue weighted by Gasteiger charge is 2.07. The average molecular weight is 253 g/mol. The summed E-state index contributed by atoms with van der Waals surface area (Å²) in [5.41, 5.74) is 2.49. The molecule has 2 aromatic carbocycles. The molecule has 0 radical (unpaired) electrons. The number of phenolic OH excluding ortho intramolecular Hbond substituents is 1. The number of nitrogens with zero attached hydrogens (tertiary/aromatic N) is 1. The van der Waals surface area contributed by atoms with E-state index in [1.807, 2.05) is 30.3 Å². The zero-order valence-electron chi connectivity index (χ0n) is 10.2. The quantitative estimate of drug-likeness (QED) is 0.756. The van der Waals surface area contributed by atoms with Gasteiger partial charge in [0, 0.05) is 24.1 Å². The molecular weight excluding hydrogens is 241 g/mol. The molecular formula is C16H12FNO. The smallest absolute Gasteiger partial charge is 0.130 e. The van der Waals surface area contributed by atoms with E-state index in [2.05, 4.69) is 4.98 Å². The summed E-state index contributed by atoms with van der Waals surface area (Å²) in [6.07, 6.45) is 2.21. The van der Waals surface area contributed by atoms with Crippen LogP contribution >= 0.6 is 0 Å². The third-order valence-electron chi connectivity index (χ3n) is 3.16. The van der Waals surface area contributed by atoms with Crippen molar-refractivity contribution < 1.29 is 9.50 Å². The number of benzene rings is 2. The number of hydrogen-bond donors (Lipinski definition) is 1. The first-order chi connectivity index (χ1) is 9.24. The number of phenols is 1. The van der Waals surface area contributed by atoms with Gasteiger partial charge >= 0.3 is 0 Å². The van der Waals surface area contributed by atoms with E-state index in [0.29, 0.717) is 12.0 Å². The molecule has 1 N–H and O–H groups in total. The van der Waals surface area contributed by atoms with Crippen LogP contribution in [-0.4, -0.2) is 10.1 Å². The molecule has 0 amide bonds. The van der Waals surface area contributed by atoms with Crippen molar-refractivity contribution in [1.82, 2.24) is 4.98 Å². The van der Waals surface area contributed by atoms with E-state index >= 15 is 0 Å². The Hall–Kier alpha value is -2.42. The number of hydrogen-bond acceptors (Lipinski definition) is 2. The van der Waals surface area contributed by atoms with Crippen LogP contribution in [0.5, 0.6) is 5.75 Å². The van der Waals surface area contributed by atoms with Crippen molar-refractivity contribution in [3.8, 4) is 5.75 Å². The summed E-state index contributed by atoms with van der Waals surface area (Å²) in [5.74, 6) is -0.443. The van der Waals surface area contributed by atoms with Crippen molar-refractivity contribution in [3.63, 3.8) is 0 Å². The zero-order valence-corrected chi connectivity index (χ0v) is 10.2. The Balaban J connectivity index is 2.06. The summed E-state index contributed by atoms with van der Waals surface area (Å²) >= 11 is 0. The predicted octanol–water partition coefficient (Wildman–Crippen LogP) is 3.67. The van der Waals surface area contributed by atoms with Gasteiger partial charge in [0.25, 0.3) is 0 Å². The van der Waals surface area contributed by atoms with E-state index in [1.165, 1.54) is 6.07 Å². The Labute approximate surface area is 110 Å². The molecule has 0 atom stereocenters. The first kappa shape index (κ1) is 11.7. The lowest BCUT2D eigenvalue weighted by Gasteiger charge is -2.07. The number of aromatic hydroxyl groups is 1. The molecule has 0 aliphatic carbocycles. The van der Waals surface area contributed by atoms with Crippen LogP contribution in [0.1, 0.15) is 11.1 Å². The first-order valence-corrected chi connectivity index (χ1v) is 6.04. The largest absolute Gasteiger partial charge is 0.508 e. The van der Waals surface area contributed by atoms with Gasteiger partial charge in [-0.2, -0.15) is 0 Å². The van der Waals surface area contributed by atoms with Crippen molar-refractivity contribution in [2.75, 3.05) is 0 Å². The Kier molecular flexibility index (Phi) is 2.88. The fourth-order valence-electron chi connectivity index (χ4n) is 2.19. The van der Waals surface area contributed by atoms with Gasteiger partial charge in [0.15, 0.2) is 0 Å². The summed E-state index contributed by atoms with van der Waals surface area (Å²) < 4.78 is 13.8. The molecule has 0 fully saturated rings. The van der Waals surface area contributed by atoms with Gasteiger partial charge < -0.3 is 5.11 Å². The van der Waals surface area contributed by atoms with Gasteiger partial charge in [-0.05, 0) is 29.3 Å². The van der Waals surface area contributed by atoms with Crippen LogP contribution in [0.15, 0.2) is 54.7 Å². The minimum absolute atomic E-state index is 0.0548. The second-order valence-corrected chi connectivity index (χ2v) is 4.44. The van der Waals surface area contributed by atoms with Gasteiger partial charge in [0.05, 0.1) is 5.52 Å². The summed E-state index contributed by atoms with van der Waals surface area (Å²) in [7, 11) is 0. The summed E-state index contributed by atoms with van der Waals surface area (Å²) in [4.78, 5) is 4.29. The van der Waals surface area contributed by atoms with E-state index in [9.17, 15) is 9.50 Å². The normalized spacial score (nSPS) is 10.8. The molecule has 3 rings (SSSR count). The highest BCUT2D eigenvalue weighted by Crippen LogP contribution is 2.22. The number of para-hydroxylation sites is 1. The van der Waals surface area contributed by atoms with Crippen LogP contribution in [0, 0.1) is 5.82 Å². The monoisotopic (exact) mass is 253 g/mol. The average Bonchev–Trinajstić information content (AvgIpc) is 2.42. The van der Waals surface area contributed by atoms with Gasteiger partial charge in [-0.3, -0.25) is 4.98 Å². The molecule has 3 aromatic rings. The fourth-order valence-corrected chi connectivity index (χ4v) is 2.19. The van der Waals surface area contributed by atoms with Crippen molar-refractivity contribution >= 4 is 10.9 Å². The number of rotatable bonds is 2. The summed E-state index contributed by atoms with van der Waals surface area (Å²) in [6.45, 7) is 0. The second-order valence-electron chi connectivity index (χ2n) is 4.44. The fraction of sp³-hybridized carbons (Fsp3) is 0.0625. The molecule has 0 bridgehead atoms. The maximum absolute atomic E-state index is 13.8. The first-order valence-electron chi connectivity index (χ1n) is 6.04. The third kappa shape index (κ3) is 2.27. The van der Waals surface area contributed by atoms with E-state index in [-0.39, 0.29) is 11.6 Å². The maximum Gasteiger partial charge on any atom is 0.130 e. The molecule has 1 heterocycles. The van der Waals surface area contributed by atoms with Crippen LogP contribution in [0.2, 0.25) is 0 Å². The Bertz CT molecular complexity index is 734. The van der Waals surface area contributed by atoms with Crippen LogP contribution in [0.3, 0.4) is 0 Å². The lowest BCUT2D eigenvalue weighted by Crippen LogP contribution is -1.94. The molecule has 19 heavy (non-hydrogen) atoms. The van der Waals surface area contributed by atoms with Gasteiger partial charge in [0.1, 0.15) is 11.6 Å². The molecule has 94 valence electrons. The lowest BCUT2D eigenvalue weighted by atomic mass is 10.0. The summed E-state index contributed by atoms with van der Waals surface area (Å²) in [5, 5.41) is 10.3. The van der Waals surface area contributed by atoms with E-state index in [4.69, 9.17) is 0 Å². The SMILES string of the molecule is Oc1ccc(Cc2ccnc3ccccc23)c(F)c1. The topological polar surface area (TPSA) is 33.1 Å². The molecule has 0 saturated heterocycles. The van der Waals surface area contributed by atoms with Crippen molar-refractivity contribution in [2.45, 2.75) is 6.42 Å². The van der Waals surface area contributed by atoms with Crippen molar-refractivity contribution in [2.24, 2.45) is 0 Å². The number of fused-ring (bicyclic) bond motifs is 1. The van der Waals surface area contributed by atoms with Gasteiger partial charge in [-0.15, -0.1) is 0 Å². The van der Waals surface area contributed by atoms with Crippen LogP contribution in [0.25, 0.3) is 10.9 Å². The minimum atomic E-state index is -0.388. The molecule has 0 aliphatic rings. The van der Waals surface area contributed by atoms with Crippen LogP contribution in [0.4, 0.5) is 4.39 Å². The second kappa shape index (κ2) is 4.69. The zero-order chi connectivity index (χ0) is 13.2. The van der Waals surface area contributed by atoms with Crippen molar-refractivity contribution in [3.05, 3.63) is 71.7 Å². The minimum Gasteiger partial charge on any atom is -0.508 e. The summed E-state index contributed by atoms with van der Waals surface area (Å²) in [6, 6.07) is 13.9. The third-order valence-corrected chi connectivity index (χ3v) is 3.16. The Morgan fingerprint density at radius 2 is 1.84 bits per heavy atom. The van der Waals surface area contributed by atoms with Crippen molar-refractivity contribution in [1.29, 1.82) is 0 Å². The molecule has 3 heteroatoms. The van der Waals surface area contributed by atoms with Gasteiger partial charge in [-0.1, -0.05) is 24.3 Å². The van der Waals surface area contributed by atoms with Crippen LogP contribution < -0.4 is 0 Å². The number of aromatic nitrogens is 1. The Morgan fingerprint density at radius 3 is 2.68 bits per heavy atom. The molecule has 0 aliphatic heterocycles. The van der Waals surface area contributed by atoms with Gasteiger partial charge in [-0.25, -0.2) is 4.39 Å². The predicted molar refractivity (Wildman–Crippen MR) is 72.6 cm³/mol. The number of halogens is 1. The lowest BCUT2D eigenvalue weighted by molar-refractivity contribution is 0.468. The number of pyridine rings is 1. The molecule has 1 aromatic heterocycles. The highest BCUT2D eigenvalue weighted by atomic mass is 19.1. The molecule has 2 nitrogen and oxygen atoms in total. The van der Waals surface area contributed by atoms with E-state index in [1.54, 1.807) is 12.3 Å². The van der Waals surface area contributed by atoms with E-state index < -0.39 is 0 Å². The molecule has 0 saturated carbocycles. The van der Waals surface area contributed by atoms with Crippen LogP contribution in [-0.2, 0) is 6.42 Å². The van der Waals surface area contributed by atoms with Gasteiger partial charge in [0.2, 0.25) is 0 Å². The van der Waals surface area contributed by atoms with E-state index in [0.717, 1.165) is 22.5 Å². The Morgan fingerprint density at radius 1 is 1.00 bits per heavy atom.